The van der Waals surface area contributed by atoms with Crippen molar-refractivity contribution in [3.63, 3.8) is 0 Å². The molecule has 0 aromatic carbocycles. The number of aromatic nitrogens is 2. The summed E-state index contributed by atoms with van der Waals surface area (Å²) in [6.45, 7) is 4.11. The Bertz CT molecular complexity index is 419. The van der Waals surface area contributed by atoms with Crippen molar-refractivity contribution in [1.29, 1.82) is 0 Å². The van der Waals surface area contributed by atoms with Crippen molar-refractivity contribution in [2.45, 2.75) is 20.3 Å². The van der Waals surface area contributed by atoms with E-state index in [9.17, 15) is 0 Å². The van der Waals surface area contributed by atoms with Crippen LogP contribution in [0.5, 0.6) is 5.75 Å². The van der Waals surface area contributed by atoms with Gasteiger partial charge in [0.2, 0.25) is 0 Å². The average Bonchev–Trinajstić information content (AvgIpc) is 2.54. The highest BCUT2D eigenvalue weighted by Gasteiger charge is 2.05. The first-order valence-electron chi connectivity index (χ1n) is 4.76. The summed E-state index contributed by atoms with van der Waals surface area (Å²) in [4.78, 5) is 4.38. The molecule has 0 saturated heterocycles. The molecule has 3 heteroatoms. The molecular weight excluding hydrogens is 176 g/mol. The van der Waals surface area contributed by atoms with E-state index < -0.39 is 0 Å². The second kappa shape index (κ2) is 3.33. The summed E-state index contributed by atoms with van der Waals surface area (Å²) in [7, 11) is 1.70. The summed E-state index contributed by atoms with van der Waals surface area (Å²) >= 11 is 0. The Morgan fingerprint density at radius 3 is 2.86 bits per heavy atom. The smallest absolute Gasteiger partial charge is 0.140 e. The van der Waals surface area contributed by atoms with Crippen LogP contribution < -0.4 is 4.74 Å². The number of methoxy groups -OCH3 is 1. The monoisotopic (exact) mass is 190 g/mol. The fraction of sp³-hybridized carbons (Fsp3) is 0.364. The molecule has 2 aromatic heterocycles. The summed E-state index contributed by atoms with van der Waals surface area (Å²) < 4.78 is 7.34. The number of aryl methyl sites for hydroxylation is 2. The Hall–Kier alpha value is -1.51. The molecule has 14 heavy (non-hydrogen) atoms. The van der Waals surface area contributed by atoms with E-state index in [2.05, 4.69) is 18.1 Å². The standard InChI is InChI=1S/C11H14N2O/c1-4-9-7-13-6-8(2)12-11(13)5-10(9)14-3/h5-7H,4H2,1-3H3. The molecule has 0 aliphatic rings. The zero-order valence-corrected chi connectivity index (χ0v) is 8.74. The summed E-state index contributed by atoms with van der Waals surface area (Å²) in [5, 5.41) is 0. The summed E-state index contributed by atoms with van der Waals surface area (Å²) in [6.07, 6.45) is 5.07. The Morgan fingerprint density at radius 2 is 2.21 bits per heavy atom. The van der Waals surface area contributed by atoms with Crippen LogP contribution in [0.3, 0.4) is 0 Å². The lowest BCUT2D eigenvalue weighted by Gasteiger charge is -2.06. The molecule has 0 spiro atoms. The summed E-state index contributed by atoms with van der Waals surface area (Å²) in [5.41, 5.74) is 3.18. The zero-order chi connectivity index (χ0) is 10.1. The number of ether oxygens (including phenoxy) is 1. The molecular formula is C11H14N2O. The second-order valence-corrected chi connectivity index (χ2v) is 3.37. The summed E-state index contributed by atoms with van der Waals surface area (Å²) in [5.74, 6) is 0.922. The highest BCUT2D eigenvalue weighted by atomic mass is 16.5. The minimum atomic E-state index is 0.922. The first-order valence-corrected chi connectivity index (χ1v) is 4.76. The van der Waals surface area contributed by atoms with Gasteiger partial charge in [0, 0.05) is 24.0 Å². The van der Waals surface area contributed by atoms with Crippen molar-refractivity contribution >= 4 is 5.65 Å². The normalized spacial score (nSPS) is 10.8. The maximum atomic E-state index is 5.30. The van der Waals surface area contributed by atoms with Crippen molar-refractivity contribution in [2.24, 2.45) is 0 Å². The molecule has 2 heterocycles. The average molecular weight is 190 g/mol. The van der Waals surface area contributed by atoms with Crippen LogP contribution in [0.4, 0.5) is 0 Å². The van der Waals surface area contributed by atoms with Gasteiger partial charge in [-0.05, 0) is 13.3 Å². The third kappa shape index (κ3) is 1.35. The van der Waals surface area contributed by atoms with Gasteiger partial charge in [0.05, 0.1) is 12.8 Å². The minimum Gasteiger partial charge on any atom is -0.496 e. The first kappa shape index (κ1) is 9.06. The maximum Gasteiger partial charge on any atom is 0.140 e. The van der Waals surface area contributed by atoms with Crippen LogP contribution in [0, 0.1) is 6.92 Å². The van der Waals surface area contributed by atoms with Crippen LogP contribution >= 0.6 is 0 Å². The Morgan fingerprint density at radius 1 is 1.43 bits per heavy atom. The third-order valence-electron chi connectivity index (χ3n) is 2.35. The quantitative estimate of drug-likeness (QED) is 0.725. The van der Waals surface area contributed by atoms with Gasteiger partial charge < -0.3 is 9.14 Å². The lowest BCUT2D eigenvalue weighted by Crippen LogP contribution is -1.94. The second-order valence-electron chi connectivity index (χ2n) is 3.37. The minimum absolute atomic E-state index is 0.922. The van der Waals surface area contributed by atoms with Crippen molar-refractivity contribution in [2.75, 3.05) is 7.11 Å². The van der Waals surface area contributed by atoms with E-state index >= 15 is 0 Å². The van der Waals surface area contributed by atoms with E-state index in [0.717, 1.165) is 23.5 Å². The van der Waals surface area contributed by atoms with Gasteiger partial charge >= 0.3 is 0 Å². The molecule has 0 bridgehead atoms. The van der Waals surface area contributed by atoms with E-state index in [1.165, 1.54) is 5.56 Å². The van der Waals surface area contributed by atoms with Gasteiger partial charge in [-0.2, -0.15) is 0 Å². The van der Waals surface area contributed by atoms with Crippen LogP contribution in [0.15, 0.2) is 18.5 Å². The predicted molar refractivity (Wildman–Crippen MR) is 55.9 cm³/mol. The van der Waals surface area contributed by atoms with Crippen LogP contribution in [0.25, 0.3) is 5.65 Å². The highest BCUT2D eigenvalue weighted by Crippen LogP contribution is 2.21. The zero-order valence-electron chi connectivity index (χ0n) is 8.74. The van der Waals surface area contributed by atoms with Gasteiger partial charge in [-0.3, -0.25) is 0 Å². The number of imidazole rings is 1. The van der Waals surface area contributed by atoms with E-state index in [1.807, 2.05) is 23.6 Å². The van der Waals surface area contributed by atoms with Crippen molar-refractivity contribution in [3.05, 3.63) is 29.7 Å². The van der Waals surface area contributed by atoms with Gasteiger partial charge in [0.15, 0.2) is 0 Å². The Kier molecular flexibility index (Phi) is 2.15. The van der Waals surface area contributed by atoms with Crippen molar-refractivity contribution in [1.82, 2.24) is 9.38 Å². The van der Waals surface area contributed by atoms with Crippen LogP contribution in [0.2, 0.25) is 0 Å². The highest BCUT2D eigenvalue weighted by molar-refractivity contribution is 5.49. The third-order valence-corrected chi connectivity index (χ3v) is 2.35. The van der Waals surface area contributed by atoms with E-state index in [4.69, 9.17) is 4.74 Å². The van der Waals surface area contributed by atoms with Gasteiger partial charge in [-0.15, -0.1) is 0 Å². The number of hydrogen-bond acceptors (Lipinski definition) is 2. The number of rotatable bonds is 2. The number of fused-ring (bicyclic) bond motifs is 1. The van der Waals surface area contributed by atoms with Gasteiger partial charge in [0.25, 0.3) is 0 Å². The lowest BCUT2D eigenvalue weighted by atomic mass is 10.2. The number of nitrogens with zero attached hydrogens (tertiary/aromatic N) is 2. The van der Waals surface area contributed by atoms with Crippen LogP contribution in [-0.4, -0.2) is 16.5 Å². The fourth-order valence-corrected chi connectivity index (χ4v) is 1.64. The molecule has 74 valence electrons. The molecule has 0 aliphatic carbocycles. The first-order chi connectivity index (χ1) is 6.74. The Labute approximate surface area is 83.3 Å². The molecule has 0 atom stereocenters. The number of hydrogen-bond donors (Lipinski definition) is 0. The molecule has 0 fully saturated rings. The van der Waals surface area contributed by atoms with E-state index in [-0.39, 0.29) is 0 Å². The molecule has 0 aliphatic heterocycles. The van der Waals surface area contributed by atoms with Crippen LogP contribution in [0.1, 0.15) is 18.2 Å². The van der Waals surface area contributed by atoms with E-state index in [0.29, 0.717) is 0 Å². The lowest BCUT2D eigenvalue weighted by molar-refractivity contribution is 0.410. The van der Waals surface area contributed by atoms with Crippen LogP contribution in [-0.2, 0) is 6.42 Å². The van der Waals surface area contributed by atoms with Gasteiger partial charge in [0.1, 0.15) is 11.4 Å². The predicted octanol–water partition coefficient (Wildman–Crippen LogP) is 2.21. The molecule has 3 nitrogen and oxygen atoms in total. The topological polar surface area (TPSA) is 26.5 Å². The van der Waals surface area contributed by atoms with Crippen molar-refractivity contribution < 1.29 is 4.74 Å². The molecule has 0 N–H and O–H groups in total. The molecule has 0 unspecified atom stereocenters. The SMILES string of the molecule is CCc1cn2cc(C)nc2cc1OC. The van der Waals surface area contributed by atoms with Gasteiger partial charge in [-0.1, -0.05) is 6.92 Å². The largest absolute Gasteiger partial charge is 0.496 e. The van der Waals surface area contributed by atoms with Crippen molar-refractivity contribution in [3.8, 4) is 5.75 Å². The van der Waals surface area contributed by atoms with E-state index in [1.54, 1.807) is 7.11 Å². The summed E-state index contributed by atoms with van der Waals surface area (Å²) in [6, 6.07) is 1.98. The Balaban J connectivity index is 2.68. The molecule has 0 amide bonds. The molecule has 0 radical (unpaired) electrons. The molecule has 2 aromatic rings. The molecule has 2 rings (SSSR count). The maximum absolute atomic E-state index is 5.30. The number of pyridine rings is 1. The fourth-order valence-electron chi connectivity index (χ4n) is 1.64. The molecule has 0 saturated carbocycles. The van der Waals surface area contributed by atoms with Gasteiger partial charge in [-0.25, -0.2) is 4.98 Å².